The van der Waals surface area contributed by atoms with E-state index in [4.69, 9.17) is 23.8 Å². The van der Waals surface area contributed by atoms with Crippen molar-refractivity contribution in [2.75, 3.05) is 0 Å². The van der Waals surface area contributed by atoms with Gasteiger partial charge in [0.1, 0.15) is 6.04 Å². The highest BCUT2D eigenvalue weighted by Crippen LogP contribution is 2.18. The third-order valence-electron chi connectivity index (χ3n) is 1.98. The first-order chi connectivity index (χ1) is 6.66. The number of carbonyl (C=O) groups is 1. The van der Waals surface area contributed by atoms with Crippen molar-refractivity contribution in [2.24, 2.45) is 0 Å². The quantitative estimate of drug-likeness (QED) is 0.711. The molecule has 1 atom stereocenters. The third kappa shape index (κ3) is 1.71. The van der Waals surface area contributed by atoms with Gasteiger partial charge >= 0.3 is 0 Å². The molecule has 5 heteroatoms. The van der Waals surface area contributed by atoms with Gasteiger partial charge in [0.05, 0.1) is 0 Å². The number of hydrogen-bond donors (Lipinski definition) is 2. The molecular weight excluding hydrogens is 220 g/mol. The molecule has 0 bridgehead atoms. The molecule has 1 aliphatic heterocycles. The minimum Gasteiger partial charge on any atom is -0.347 e. The van der Waals surface area contributed by atoms with Crippen LogP contribution in [0.3, 0.4) is 0 Å². The van der Waals surface area contributed by atoms with Crippen molar-refractivity contribution in [1.29, 1.82) is 0 Å². The van der Waals surface area contributed by atoms with Crippen LogP contribution in [-0.4, -0.2) is 11.0 Å². The zero-order valence-corrected chi connectivity index (χ0v) is 8.65. The lowest BCUT2D eigenvalue weighted by atomic mass is 10.1. The Labute approximate surface area is 91.4 Å². The molecule has 1 amide bonds. The average molecular weight is 227 g/mol. The van der Waals surface area contributed by atoms with Crippen molar-refractivity contribution in [3.05, 3.63) is 34.9 Å². The first kappa shape index (κ1) is 9.43. The molecule has 0 aliphatic carbocycles. The summed E-state index contributed by atoms with van der Waals surface area (Å²) in [5.74, 6) is -0.127. The number of halogens is 1. The van der Waals surface area contributed by atoms with Crippen molar-refractivity contribution >= 4 is 34.8 Å². The molecule has 0 spiro atoms. The lowest BCUT2D eigenvalue weighted by Gasteiger charge is -2.07. The molecule has 1 aromatic carbocycles. The van der Waals surface area contributed by atoms with Gasteiger partial charge in [0.15, 0.2) is 5.11 Å². The summed E-state index contributed by atoms with van der Waals surface area (Å²) in [4.78, 5) is 11.4. The van der Waals surface area contributed by atoms with Gasteiger partial charge in [-0.2, -0.15) is 0 Å². The van der Waals surface area contributed by atoms with Gasteiger partial charge in [-0.1, -0.05) is 23.7 Å². The van der Waals surface area contributed by atoms with Crippen LogP contribution >= 0.6 is 23.8 Å². The van der Waals surface area contributed by atoms with E-state index in [2.05, 4.69) is 10.6 Å². The SMILES string of the molecule is O=C1NC(=S)N[C@@H]1c1ccc(Cl)cc1. The lowest BCUT2D eigenvalue weighted by molar-refractivity contribution is -0.120. The second kappa shape index (κ2) is 3.55. The molecule has 1 fully saturated rings. The van der Waals surface area contributed by atoms with Crippen molar-refractivity contribution in [2.45, 2.75) is 6.04 Å². The molecule has 1 aliphatic rings. The first-order valence-electron chi connectivity index (χ1n) is 4.03. The maximum absolute atomic E-state index is 11.4. The highest BCUT2D eigenvalue weighted by atomic mass is 35.5. The molecule has 1 saturated heterocycles. The van der Waals surface area contributed by atoms with E-state index in [9.17, 15) is 4.79 Å². The Bertz CT molecular complexity index is 390. The van der Waals surface area contributed by atoms with Gasteiger partial charge in [0.2, 0.25) is 0 Å². The molecule has 2 N–H and O–H groups in total. The summed E-state index contributed by atoms with van der Waals surface area (Å²) in [6, 6.07) is 6.70. The fourth-order valence-electron chi connectivity index (χ4n) is 1.31. The van der Waals surface area contributed by atoms with Crippen LogP contribution in [0.25, 0.3) is 0 Å². The first-order valence-corrected chi connectivity index (χ1v) is 4.82. The monoisotopic (exact) mass is 226 g/mol. The summed E-state index contributed by atoms with van der Waals surface area (Å²) in [7, 11) is 0. The van der Waals surface area contributed by atoms with Gasteiger partial charge in [-0.3, -0.25) is 4.79 Å². The van der Waals surface area contributed by atoms with Crippen LogP contribution in [0.5, 0.6) is 0 Å². The lowest BCUT2D eigenvalue weighted by Crippen LogP contribution is -2.21. The minimum absolute atomic E-state index is 0.127. The Balaban J connectivity index is 2.27. The molecule has 0 aromatic heterocycles. The second-order valence-corrected chi connectivity index (χ2v) is 3.79. The molecule has 0 saturated carbocycles. The Kier molecular flexibility index (Phi) is 2.39. The van der Waals surface area contributed by atoms with E-state index in [1.54, 1.807) is 24.3 Å². The van der Waals surface area contributed by atoms with E-state index in [-0.39, 0.29) is 11.9 Å². The molecule has 1 aromatic rings. The number of benzene rings is 1. The highest BCUT2D eigenvalue weighted by Gasteiger charge is 2.28. The van der Waals surface area contributed by atoms with E-state index >= 15 is 0 Å². The standard InChI is InChI=1S/C9H7ClN2OS/c10-6-3-1-5(2-4-6)7-8(13)12-9(14)11-7/h1-4,7H,(H2,11,12,13,14)/t7-/m1/s1. The van der Waals surface area contributed by atoms with E-state index < -0.39 is 0 Å². The normalized spacial score (nSPS) is 20.5. The van der Waals surface area contributed by atoms with Gasteiger partial charge in [-0.15, -0.1) is 0 Å². The Morgan fingerprint density at radius 3 is 2.43 bits per heavy atom. The van der Waals surface area contributed by atoms with Crippen molar-refractivity contribution in [3.63, 3.8) is 0 Å². The van der Waals surface area contributed by atoms with Crippen molar-refractivity contribution in [1.82, 2.24) is 10.6 Å². The molecule has 1 heterocycles. The predicted molar refractivity (Wildman–Crippen MR) is 58.1 cm³/mol. The maximum Gasteiger partial charge on any atom is 0.253 e. The number of rotatable bonds is 1. The summed E-state index contributed by atoms with van der Waals surface area (Å²) in [5, 5.41) is 6.41. The van der Waals surface area contributed by atoms with Crippen LogP contribution in [-0.2, 0) is 4.79 Å². The van der Waals surface area contributed by atoms with Crippen LogP contribution in [0.1, 0.15) is 11.6 Å². The second-order valence-electron chi connectivity index (χ2n) is 2.95. The summed E-state index contributed by atoms with van der Waals surface area (Å²) < 4.78 is 0. The van der Waals surface area contributed by atoms with Gasteiger partial charge in [-0.05, 0) is 29.9 Å². The van der Waals surface area contributed by atoms with E-state index in [1.807, 2.05) is 0 Å². The molecular formula is C9H7ClN2OS. The predicted octanol–water partition coefficient (Wildman–Crippen LogP) is 1.39. The van der Waals surface area contributed by atoms with Gasteiger partial charge < -0.3 is 10.6 Å². The van der Waals surface area contributed by atoms with Crippen molar-refractivity contribution < 1.29 is 4.79 Å². The molecule has 14 heavy (non-hydrogen) atoms. The van der Waals surface area contributed by atoms with Gasteiger partial charge in [-0.25, -0.2) is 0 Å². The smallest absolute Gasteiger partial charge is 0.253 e. The van der Waals surface area contributed by atoms with E-state index in [1.165, 1.54) is 0 Å². The summed E-state index contributed by atoms with van der Waals surface area (Å²) in [6.07, 6.45) is 0. The Morgan fingerprint density at radius 1 is 1.29 bits per heavy atom. The molecule has 0 radical (unpaired) electrons. The van der Waals surface area contributed by atoms with E-state index in [0.29, 0.717) is 10.1 Å². The number of amides is 1. The minimum atomic E-state index is -0.389. The zero-order valence-electron chi connectivity index (χ0n) is 7.08. The van der Waals surface area contributed by atoms with Crippen LogP contribution in [0, 0.1) is 0 Å². The van der Waals surface area contributed by atoms with Crippen LogP contribution < -0.4 is 10.6 Å². The highest BCUT2D eigenvalue weighted by molar-refractivity contribution is 7.80. The molecule has 3 nitrogen and oxygen atoms in total. The number of thiocarbonyl (C=S) groups is 1. The summed E-state index contributed by atoms with van der Waals surface area (Å²) in [6.45, 7) is 0. The van der Waals surface area contributed by atoms with Crippen molar-refractivity contribution in [3.8, 4) is 0 Å². The zero-order chi connectivity index (χ0) is 10.1. The largest absolute Gasteiger partial charge is 0.347 e. The van der Waals surface area contributed by atoms with Crippen LogP contribution in [0.4, 0.5) is 0 Å². The van der Waals surface area contributed by atoms with Crippen LogP contribution in [0.15, 0.2) is 24.3 Å². The average Bonchev–Trinajstić information content (AvgIpc) is 2.47. The number of hydrogen-bond acceptors (Lipinski definition) is 2. The fourth-order valence-corrected chi connectivity index (χ4v) is 1.65. The Hall–Kier alpha value is -1.13. The number of nitrogens with one attached hydrogen (secondary N) is 2. The van der Waals surface area contributed by atoms with Crippen LogP contribution in [0.2, 0.25) is 5.02 Å². The maximum atomic E-state index is 11.4. The molecule has 72 valence electrons. The van der Waals surface area contributed by atoms with E-state index in [0.717, 1.165) is 5.56 Å². The molecule has 0 unspecified atom stereocenters. The van der Waals surface area contributed by atoms with Gasteiger partial charge in [0, 0.05) is 5.02 Å². The molecule has 2 rings (SSSR count). The summed E-state index contributed by atoms with van der Waals surface area (Å²) in [5.41, 5.74) is 0.853. The summed E-state index contributed by atoms with van der Waals surface area (Å²) >= 11 is 10.6. The topological polar surface area (TPSA) is 41.1 Å². The fraction of sp³-hybridized carbons (Fsp3) is 0.111. The number of carbonyl (C=O) groups excluding carboxylic acids is 1. The third-order valence-corrected chi connectivity index (χ3v) is 2.45. The van der Waals surface area contributed by atoms with Gasteiger partial charge in [0.25, 0.3) is 5.91 Å². The Morgan fingerprint density at radius 2 is 1.93 bits per heavy atom.